The summed E-state index contributed by atoms with van der Waals surface area (Å²) in [4.78, 5) is 14.0. The van der Waals surface area contributed by atoms with E-state index < -0.39 is 0 Å². The summed E-state index contributed by atoms with van der Waals surface area (Å²) in [6, 6.07) is 14.8. The molecule has 2 aromatic rings. The van der Waals surface area contributed by atoms with Crippen molar-refractivity contribution in [1.29, 1.82) is 0 Å². The van der Waals surface area contributed by atoms with E-state index in [9.17, 15) is 4.79 Å². The Bertz CT molecular complexity index is 705. The van der Waals surface area contributed by atoms with Crippen molar-refractivity contribution in [3.63, 3.8) is 0 Å². The third-order valence-electron chi connectivity index (χ3n) is 4.28. The summed E-state index contributed by atoms with van der Waals surface area (Å²) < 4.78 is 16.2. The van der Waals surface area contributed by atoms with Crippen LogP contribution in [-0.2, 0) is 4.79 Å². The van der Waals surface area contributed by atoms with Crippen molar-refractivity contribution in [3.8, 4) is 17.2 Å². The topological polar surface area (TPSA) is 74.0 Å². The van der Waals surface area contributed by atoms with Crippen molar-refractivity contribution < 1.29 is 19.0 Å². The smallest absolute Gasteiger partial charge is 0.224 e. The molecule has 0 aromatic heterocycles. The zero-order chi connectivity index (χ0) is 19.6. The summed E-state index contributed by atoms with van der Waals surface area (Å²) in [5.41, 5.74) is 7.09. The summed E-state index contributed by atoms with van der Waals surface area (Å²) in [6.45, 7) is 1.08. The molecule has 0 radical (unpaired) electrons. The zero-order valence-corrected chi connectivity index (χ0v) is 17.4. The Kier molecular flexibility index (Phi) is 10.2. The molecule has 2 N–H and O–H groups in total. The van der Waals surface area contributed by atoms with Gasteiger partial charge in [0, 0.05) is 44.3 Å². The highest BCUT2D eigenvalue weighted by Crippen LogP contribution is 2.27. The summed E-state index contributed by atoms with van der Waals surface area (Å²) in [5, 5.41) is 0. The van der Waals surface area contributed by atoms with E-state index in [1.807, 2.05) is 30.3 Å². The number of nitrogens with two attached hydrogens (primary N) is 1. The molecule has 28 heavy (non-hydrogen) atoms. The number of halogens is 1. The van der Waals surface area contributed by atoms with Gasteiger partial charge >= 0.3 is 0 Å². The molecule has 7 heteroatoms. The van der Waals surface area contributed by atoms with Crippen molar-refractivity contribution in [2.75, 3.05) is 34.4 Å². The van der Waals surface area contributed by atoms with Crippen molar-refractivity contribution in [2.24, 2.45) is 5.73 Å². The first-order valence-electron chi connectivity index (χ1n) is 8.94. The van der Waals surface area contributed by atoms with Gasteiger partial charge in [-0.2, -0.15) is 0 Å². The summed E-state index contributed by atoms with van der Waals surface area (Å²) in [5.74, 6) is 2.04. The van der Waals surface area contributed by atoms with Crippen LogP contribution in [0, 0.1) is 0 Å². The zero-order valence-electron chi connectivity index (χ0n) is 16.6. The van der Waals surface area contributed by atoms with Crippen LogP contribution in [0.1, 0.15) is 24.4 Å². The summed E-state index contributed by atoms with van der Waals surface area (Å²) in [6.07, 6.45) is 0.997. The Morgan fingerprint density at radius 1 is 1.04 bits per heavy atom. The molecular weight excluding hydrogens is 380 g/mol. The Balaban J connectivity index is 0.00000392. The monoisotopic (exact) mass is 408 g/mol. The van der Waals surface area contributed by atoms with Crippen molar-refractivity contribution in [3.05, 3.63) is 54.1 Å². The van der Waals surface area contributed by atoms with Gasteiger partial charge in [-0.15, -0.1) is 12.4 Å². The summed E-state index contributed by atoms with van der Waals surface area (Å²) in [7, 11) is 4.98. The molecule has 2 aromatic carbocycles. The third-order valence-corrected chi connectivity index (χ3v) is 4.28. The minimum absolute atomic E-state index is 0. The van der Waals surface area contributed by atoms with Gasteiger partial charge in [-0.05, 0) is 12.0 Å². The number of carbonyl (C=O) groups is 1. The lowest BCUT2D eigenvalue weighted by molar-refractivity contribution is -0.130. The molecule has 0 saturated heterocycles. The average molecular weight is 409 g/mol. The van der Waals surface area contributed by atoms with Gasteiger partial charge in [0.25, 0.3) is 0 Å². The predicted octanol–water partition coefficient (Wildman–Crippen LogP) is 3.44. The molecule has 0 saturated carbocycles. The van der Waals surface area contributed by atoms with E-state index in [2.05, 4.69) is 0 Å². The molecule has 1 amide bonds. The fourth-order valence-electron chi connectivity index (χ4n) is 2.64. The Morgan fingerprint density at radius 2 is 1.61 bits per heavy atom. The SMILES string of the molecule is COc1cc(OC)cc(OCCCN(C)C(=O)CC(N)c2ccccc2)c1.Cl. The summed E-state index contributed by atoms with van der Waals surface area (Å²) >= 11 is 0. The molecule has 0 spiro atoms. The minimum Gasteiger partial charge on any atom is -0.496 e. The van der Waals surface area contributed by atoms with Gasteiger partial charge in [0.15, 0.2) is 0 Å². The first-order chi connectivity index (χ1) is 13.0. The molecular formula is C21H29ClN2O4. The minimum atomic E-state index is -0.290. The lowest BCUT2D eigenvalue weighted by Gasteiger charge is -2.20. The van der Waals surface area contributed by atoms with Crippen molar-refractivity contribution in [2.45, 2.75) is 18.9 Å². The molecule has 0 bridgehead atoms. The number of carbonyl (C=O) groups excluding carboxylic acids is 1. The molecule has 1 unspecified atom stereocenters. The normalized spacial score (nSPS) is 11.1. The number of nitrogens with zero attached hydrogens (tertiary/aromatic N) is 1. The van der Waals surface area contributed by atoms with Gasteiger partial charge in [0.1, 0.15) is 17.2 Å². The molecule has 6 nitrogen and oxygen atoms in total. The fourth-order valence-corrected chi connectivity index (χ4v) is 2.64. The van der Waals surface area contributed by atoms with Gasteiger partial charge in [0.05, 0.1) is 20.8 Å². The quantitative estimate of drug-likeness (QED) is 0.609. The lowest BCUT2D eigenvalue weighted by atomic mass is 10.0. The van der Waals surface area contributed by atoms with Crippen LogP contribution in [0.3, 0.4) is 0 Å². The van der Waals surface area contributed by atoms with Crippen LogP contribution in [0.5, 0.6) is 17.2 Å². The molecule has 0 aliphatic heterocycles. The number of hydrogen-bond acceptors (Lipinski definition) is 5. The molecule has 0 aliphatic carbocycles. The maximum absolute atomic E-state index is 12.3. The maximum atomic E-state index is 12.3. The maximum Gasteiger partial charge on any atom is 0.224 e. The van der Waals surface area contributed by atoms with Crippen LogP contribution >= 0.6 is 12.4 Å². The predicted molar refractivity (Wildman–Crippen MR) is 113 cm³/mol. The van der Waals surface area contributed by atoms with E-state index in [1.54, 1.807) is 44.4 Å². The van der Waals surface area contributed by atoms with E-state index in [1.165, 1.54) is 0 Å². The van der Waals surface area contributed by atoms with Crippen molar-refractivity contribution in [1.82, 2.24) is 4.90 Å². The third kappa shape index (κ3) is 7.29. The number of benzene rings is 2. The Labute approximate surface area is 173 Å². The number of amides is 1. The average Bonchev–Trinajstić information content (AvgIpc) is 2.71. The number of methoxy groups -OCH3 is 2. The second kappa shape index (κ2) is 12.1. The standard InChI is InChI=1S/C21H28N2O4.ClH/c1-23(21(24)15-20(22)16-8-5-4-6-9-16)10-7-11-27-19-13-17(25-2)12-18(14-19)26-3;/h4-6,8-9,12-14,20H,7,10-11,15,22H2,1-3H3;1H. The highest BCUT2D eigenvalue weighted by atomic mass is 35.5. The first kappa shape index (κ1) is 23.6. The van der Waals surface area contributed by atoms with E-state index in [0.717, 1.165) is 5.56 Å². The second-order valence-corrected chi connectivity index (χ2v) is 6.29. The Morgan fingerprint density at radius 3 is 2.18 bits per heavy atom. The fraction of sp³-hybridized carbons (Fsp3) is 0.381. The lowest BCUT2D eigenvalue weighted by Crippen LogP contribution is -2.31. The van der Waals surface area contributed by atoms with Gasteiger partial charge < -0.3 is 24.8 Å². The van der Waals surface area contributed by atoms with Crippen LogP contribution in [0.25, 0.3) is 0 Å². The molecule has 1 atom stereocenters. The van der Waals surface area contributed by atoms with Gasteiger partial charge in [-0.1, -0.05) is 30.3 Å². The van der Waals surface area contributed by atoms with Gasteiger partial charge in [-0.25, -0.2) is 0 Å². The van der Waals surface area contributed by atoms with Crippen LogP contribution < -0.4 is 19.9 Å². The molecule has 0 heterocycles. The van der Waals surface area contributed by atoms with Crippen LogP contribution in [-0.4, -0.2) is 45.2 Å². The largest absolute Gasteiger partial charge is 0.496 e. The number of ether oxygens (including phenoxy) is 3. The van der Waals surface area contributed by atoms with Gasteiger partial charge in [-0.3, -0.25) is 4.79 Å². The van der Waals surface area contributed by atoms with Gasteiger partial charge in [0.2, 0.25) is 5.91 Å². The van der Waals surface area contributed by atoms with E-state index in [0.29, 0.717) is 36.8 Å². The van der Waals surface area contributed by atoms with Crippen LogP contribution in [0.2, 0.25) is 0 Å². The highest BCUT2D eigenvalue weighted by Gasteiger charge is 2.15. The van der Waals surface area contributed by atoms with Crippen LogP contribution in [0.15, 0.2) is 48.5 Å². The van der Waals surface area contributed by atoms with Crippen molar-refractivity contribution >= 4 is 18.3 Å². The van der Waals surface area contributed by atoms with E-state index >= 15 is 0 Å². The number of rotatable bonds is 10. The van der Waals surface area contributed by atoms with E-state index in [4.69, 9.17) is 19.9 Å². The van der Waals surface area contributed by atoms with E-state index in [-0.39, 0.29) is 30.8 Å². The molecule has 0 aliphatic rings. The number of hydrogen-bond donors (Lipinski definition) is 1. The molecule has 154 valence electrons. The van der Waals surface area contributed by atoms with Crippen LogP contribution in [0.4, 0.5) is 0 Å². The highest BCUT2D eigenvalue weighted by molar-refractivity contribution is 5.85. The Hall–Kier alpha value is -2.44. The molecule has 2 rings (SSSR count). The molecule has 0 fully saturated rings. The second-order valence-electron chi connectivity index (χ2n) is 6.29. The first-order valence-corrected chi connectivity index (χ1v) is 8.94.